The van der Waals surface area contributed by atoms with Crippen LogP contribution in [-0.4, -0.2) is 12.6 Å². The minimum atomic E-state index is 0.565. The van der Waals surface area contributed by atoms with Crippen LogP contribution in [0.3, 0.4) is 0 Å². The average molecular weight is 258 g/mol. The average Bonchev–Trinajstić information content (AvgIpc) is 2.71. The molecule has 1 aliphatic carbocycles. The lowest BCUT2D eigenvalue weighted by Gasteiger charge is -2.14. The van der Waals surface area contributed by atoms with E-state index in [9.17, 15) is 0 Å². The van der Waals surface area contributed by atoms with Crippen molar-refractivity contribution < 1.29 is 0 Å². The van der Waals surface area contributed by atoms with Crippen molar-refractivity contribution in [1.29, 1.82) is 0 Å². The van der Waals surface area contributed by atoms with Crippen LogP contribution in [0.4, 0.5) is 0 Å². The van der Waals surface area contributed by atoms with Gasteiger partial charge < -0.3 is 5.32 Å². The second-order valence-electron chi connectivity index (χ2n) is 4.41. The molecule has 88 valence electrons. The Balaban J connectivity index is 2.11. The Bertz CT molecular complexity index is 365. The fourth-order valence-corrected chi connectivity index (χ4v) is 3.04. The standard InChI is InChI=1S/C13H17Cl2N/c1-2-16-10-7-6-9(8-10)11-4-3-5-12(14)13(11)15/h3-5,9-10,16H,2,6-8H2,1H3. The molecule has 0 saturated heterocycles. The molecule has 1 fully saturated rings. The summed E-state index contributed by atoms with van der Waals surface area (Å²) in [7, 11) is 0. The molecular weight excluding hydrogens is 241 g/mol. The predicted molar refractivity (Wildman–Crippen MR) is 70.5 cm³/mol. The Morgan fingerprint density at radius 2 is 2.12 bits per heavy atom. The van der Waals surface area contributed by atoms with Gasteiger partial charge in [-0.1, -0.05) is 42.3 Å². The number of hydrogen-bond acceptors (Lipinski definition) is 1. The fourth-order valence-electron chi connectivity index (χ4n) is 2.57. The molecule has 1 nitrogen and oxygen atoms in total. The van der Waals surface area contributed by atoms with Crippen LogP contribution in [0.1, 0.15) is 37.7 Å². The highest BCUT2D eigenvalue weighted by atomic mass is 35.5. The first-order valence-corrected chi connectivity index (χ1v) is 6.65. The van der Waals surface area contributed by atoms with Crippen LogP contribution in [0.2, 0.25) is 10.0 Å². The molecule has 2 rings (SSSR count). The summed E-state index contributed by atoms with van der Waals surface area (Å²) in [5.41, 5.74) is 1.22. The van der Waals surface area contributed by atoms with Gasteiger partial charge in [-0.25, -0.2) is 0 Å². The molecule has 16 heavy (non-hydrogen) atoms. The molecule has 0 aromatic heterocycles. The van der Waals surface area contributed by atoms with E-state index in [1.165, 1.54) is 24.8 Å². The van der Waals surface area contributed by atoms with Gasteiger partial charge in [-0.05, 0) is 43.4 Å². The summed E-state index contributed by atoms with van der Waals surface area (Å²) in [6.07, 6.45) is 3.62. The summed E-state index contributed by atoms with van der Waals surface area (Å²) in [6.45, 7) is 3.19. The van der Waals surface area contributed by atoms with E-state index in [-0.39, 0.29) is 0 Å². The van der Waals surface area contributed by atoms with E-state index in [0.717, 1.165) is 11.6 Å². The van der Waals surface area contributed by atoms with E-state index in [4.69, 9.17) is 23.2 Å². The zero-order chi connectivity index (χ0) is 11.5. The van der Waals surface area contributed by atoms with Crippen LogP contribution in [0.5, 0.6) is 0 Å². The minimum Gasteiger partial charge on any atom is -0.314 e. The smallest absolute Gasteiger partial charge is 0.0627 e. The molecule has 0 amide bonds. The van der Waals surface area contributed by atoms with Crippen LogP contribution in [0, 0.1) is 0 Å². The lowest BCUT2D eigenvalue weighted by molar-refractivity contribution is 0.535. The van der Waals surface area contributed by atoms with Crippen LogP contribution < -0.4 is 5.32 Å². The monoisotopic (exact) mass is 257 g/mol. The third kappa shape index (κ3) is 2.53. The summed E-state index contributed by atoms with van der Waals surface area (Å²) in [4.78, 5) is 0. The molecular formula is C13H17Cl2N. The first kappa shape index (κ1) is 12.2. The Morgan fingerprint density at radius 1 is 1.31 bits per heavy atom. The van der Waals surface area contributed by atoms with Gasteiger partial charge in [-0.15, -0.1) is 0 Å². The molecule has 0 spiro atoms. The van der Waals surface area contributed by atoms with E-state index in [2.05, 4.69) is 18.3 Å². The van der Waals surface area contributed by atoms with Gasteiger partial charge >= 0.3 is 0 Å². The number of benzene rings is 1. The van der Waals surface area contributed by atoms with E-state index in [1.54, 1.807) is 0 Å². The van der Waals surface area contributed by atoms with Crippen LogP contribution in [0.25, 0.3) is 0 Å². The molecule has 1 N–H and O–H groups in total. The third-order valence-corrected chi connectivity index (χ3v) is 4.18. The van der Waals surface area contributed by atoms with Gasteiger partial charge in [-0.2, -0.15) is 0 Å². The number of nitrogens with one attached hydrogen (secondary N) is 1. The summed E-state index contributed by atoms with van der Waals surface area (Å²) >= 11 is 12.3. The Kier molecular flexibility index (Phi) is 4.12. The summed E-state index contributed by atoms with van der Waals surface area (Å²) in [5.74, 6) is 0.565. The zero-order valence-electron chi connectivity index (χ0n) is 9.47. The molecule has 1 aliphatic rings. The van der Waals surface area contributed by atoms with Crippen molar-refractivity contribution in [3.05, 3.63) is 33.8 Å². The zero-order valence-corrected chi connectivity index (χ0v) is 11.0. The van der Waals surface area contributed by atoms with Crippen molar-refractivity contribution in [3.63, 3.8) is 0 Å². The second kappa shape index (κ2) is 5.39. The van der Waals surface area contributed by atoms with E-state index in [1.807, 2.05) is 12.1 Å². The quantitative estimate of drug-likeness (QED) is 0.855. The molecule has 2 atom stereocenters. The van der Waals surface area contributed by atoms with Crippen LogP contribution in [0.15, 0.2) is 18.2 Å². The van der Waals surface area contributed by atoms with Crippen molar-refractivity contribution in [3.8, 4) is 0 Å². The number of rotatable bonds is 3. The van der Waals surface area contributed by atoms with Gasteiger partial charge in [0.1, 0.15) is 0 Å². The largest absolute Gasteiger partial charge is 0.314 e. The SMILES string of the molecule is CCNC1CCC(c2cccc(Cl)c2Cl)C1. The number of halogens is 2. The van der Waals surface area contributed by atoms with Gasteiger partial charge in [0.25, 0.3) is 0 Å². The van der Waals surface area contributed by atoms with Gasteiger partial charge in [0.05, 0.1) is 10.0 Å². The third-order valence-electron chi connectivity index (χ3n) is 3.35. The molecule has 0 bridgehead atoms. The topological polar surface area (TPSA) is 12.0 Å². The molecule has 1 saturated carbocycles. The minimum absolute atomic E-state index is 0.565. The second-order valence-corrected chi connectivity index (χ2v) is 5.19. The lowest BCUT2D eigenvalue weighted by Crippen LogP contribution is -2.25. The maximum absolute atomic E-state index is 6.25. The molecule has 0 aliphatic heterocycles. The van der Waals surface area contributed by atoms with Crippen molar-refractivity contribution in [2.45, 2.75) is 38.1 Å². The molecule has 3 heteroatoms. The molecule has 0 radical (unpaired) electrons. The maximum atomic E-state index is 6.25. The van der Waals surface area contributed by atoms with Crippen molar-refractivity contribution >= 4 is 23.2 Å². The van der Waals surface area contributed by atoms with Crippen molar-refractivity contribution in [1.82, 2.24) is 5.32 Å². The van der Waals surface area contributed by atoms with Gasteiger partial charge in [0, 0.05) is 6.04 Å². The molecule has 1 aromatic carbocycles. The first-order chi connectivity index (χ1) is 7.72. The van der Waals surface area contributed by atoms with E-state index < -0.39 is 0 Å². The predicted octanol–water partition coefficient (Wildman–Crippen LogP) is 4.24. The summed E-state index contributed by atoms with van der Waals surface area (Å²) in [6, 6.07) is 6.59. The first-order valence-electron chi connectivity index (χ1n) is 5.89. The fraction of sp³-hybridized carbons (Fsp3) is 0.538. The Morgan fingerprint density at radius 3 is 2.88 bits per heavy atom. The highest BCUT2D eigenvalue weighted by molar-refractivity contribution is 6.42. The van der Waals surface area contributed by atoms with Gasteiger partial charge in [0.15, 0.2) is 0 Å². The molecule has 0 heterocycles. The highest BCUT2D eigenvalue weighted by Gasteiger charge is 2.26. The lowest BCUT2D eigenvalue weighted by atomic mass is 9.97. The molecule has 2 unspecified atom stereocenters. The molecule has 1 aromatic rings. The highest BCUT2D eigenvalue weighted by Crippen LogP contribution is 2.39. The summed E-state index contributed by atoms with van der Waals surface area (Å²) in [5, 5.41) is 4.92. The van der Waals surface area contributed by atoms with Crippen LogP contribution in [-0.2, 0) is 0 Å². The van der Waals surface area contributed by atoms with Crippen molar-refractivity contribution in [2.75, 3.05) is 6.54 Å². The van der Waals surface area contributed by atoms with Gasteiger partial charge in [0.2, 0.25) is 0 Å². The van der Waals surface area contributed by atoms with Crippen molar-refractivity contribution in [2.24, 2.45) is 0 Å². The normalized spacial score (nSPS) is 24.9. The number of hydrogen-bond donors (Lipinski definition) is 1. The van der Waals surface area contributed by atoms with Gasteiger partial charge in [-0.3, -0.25) is 0 Å². The van der Waals surface area contributed by atoms with E-state index in [0.29, 0.717) is 17.0 Å². The Labute approximate surface area is 107 Å². The Hall–Kier alpha value is -0.240. The maximum Gasteiger partial charge on any atom is 0.0627 e. The van der Waals surface area contributed by atoms with Crippen LogP contribution >= 0.6 is 23.2 Å². The van der Waals surface area contributed by atoms with E-state index >= 15 is 0 Å². The summed E-state index contributed by atoms with van der Waals surface area (Å²) < 4.78 is 0.